The highest BCUT2D eigenvalue weighted by Gasteiger charge is 2.30. The van der Waals surface area contributed by atoms with Gasteiger partial charge in [-0.3, -0.25) is 0 Å². The van der Waals surface area contributed by atoms with Crippen LogP contribution >= 0.6 is 22.6 Å². The van der Waals surface area contributed by atoms with Crippen LogP contribution in [-0.4, -0.2) is 19.3 Å². The molecule has 1 N–H and O–H groups in total. The Bertz CT molecular complexity index is 676. The lowest BCUT2D eigenvalue weighted by Crippen LogP contribution is -2.36. The van der Waals surface area contributed by atoms with Crippen LogP contribution in [0.15, 0.2) is 54.6 Å². The highest BCUT2D eigenvalue weighted by atomic mass is 127. The maximum atomic E-state index is 12.3. The van der Waals surface area contributed by atoms with Gasteiger partial charge in [-0.1, -0.05) is 62.4 Å². The van der Waals surface area contributed by atoms with E-state index < -0.39 is 6.09 Å². The monoisotopic (exact) mass is 453 g/mol. The van der Waals surface area contributed by atoms with Crippen LogP contribution in [0.4, 0.5) is 4.79 Å². The lowest BCUT2D eigenvalue weighted by molar-refractivity contribution is -0.0454. The first kappa shape index (κ1) is 19.7. The highest BCUT2D eigenvalue weighted by molar-refractivity contribution is 14.1. The molecule has 0 fully saturated rings. The summed E-state index contributed by atoms with van der Waals surface area (Å²) in [7, 11) is 1.65. The van der Waals surface area contributed by atoms with E-state index in [0.717, 1.165) is 14.7 Å². The topological polar surface area (TPSA) is 47.6 Å². The van der Waals surface area contributed by atoms with E-state index in [9.17, 15) is 4.79 Å². The number of hydrogen-bond acceptors (Lipinski definition) is 3. The van der Waals surface area contributed by atoms with Crippen molar-refractivity contribution in [3.8, 4) is 0 Å². The fraction of sp³-hybridized carbons (Fsp3) is 0.350. The number of carbonyl (C=O) groups is 1. The lowest BCUT2D eigenvalue weighted by Gasteiger charge is -2.29. The molecule has 1 amide bonds. The normalized spacial score (nSPS) is 13.3. The number of halogens is 1. The fourth-order valence-corrected chi connectivity index (χ4v) is 3.32. The third-order valence-corrected chi connectivity index (χ3v) is 4.93. The average molecular weight is 453 g/mol. The summed E-state index contributed by atoms with van der Waals surface area (Å²) < 4.78 is 12.5. The number of methoxy groups -OCH3 is 1. The average Bonchev–Trinajstić information content (AvgIpc) is 2.62. The third kappa shape index (κ3) is 5.71. The van der Waals surface area contributed by atoms with Gasteiger partial charge in [0.1, 0.15) is 12.2 Å². The van der Waals surface area contributed by atoms with Crippen molar-refractivity contribution in [3.63, 3.8) is 0 Å². The van der Waals surface area contributed by atoms with Gasteiger partial charge in [-0.25, -0.2) is 4.79 Å². The van der Waals surface area contributed by atoms with Crippen LogP contribution in [0.2, 0.25) is 0 Å². The van der Waals surface area contributed by atoms with Crippen LogP contribution in [0, 0.1) is 9.49 Å². The zero-order valence-electron chi connectivity index (χ0n) is 14.7. The van der Waals surface area contributed by atoms with E-state index in [1.807, 2.05) is 68.4 Å². The molecule has 0 bridgehead atoms. The first-order valence-corrected chi connectivity index (χ1v) is 9.36. The summed E-state index contributed by atoms with van der Waals surface area (Å²) in [6.07, 6.45) is -1.12. The molecule has 0 heterocycles. The molecule has 0 aromatic heterocycles. The number of amides is 1. The SMILES string of the molecule is CO[C@@H](c1ccccc1I)[C@@H](OC(=O)NCc1ccccc1)C(C)C. The van der Waals surface area contributed by atoms with Gasteiger partial charge in [-0.05, 0) is 45.7 Å². The highest BCUT2D eigenvalue weighted by Crippen LogP contribution is 2.30. The molecule has 0 radical (unpaired) electrons. The van der Waals surface area contributed by atoms with E-state index in [0.29, 0.717) is 6.54 Å². The predicted molar refractivity (Wildman–Crippen MR) is 107 cm³/mol. The van der Waals surface area contributed by atoms with Crippen LogP contribution in [-0.2, 0) is 16.0 Å². The van der Waals surface area contributed by atoms with Gasteiger partial charge in [0.05, 0.1) is 0 Å². The minimum absolute atomic E-state index is 0.114. The minimum atomic E-state index is -0.435. The van der Waals surface area contributed by atoms with E-state index in [1.54, 1.807) is 7.11 Å². The van der Waals surface area contributed by atoms with Crippen LogP contribution in [0.5, 0.6) is 0 Å². The molecule has 25 heavy (non-hydrogen) atoms. The Labute approximate surface area is 163 Å². The largest absolute Gasteiger partial charge is 0.443 e. The van der Waals surface area contributed by atoms with Gasteiger partial charge in [0.25, 0.3) is 0 Å². The van der Waals surface area contributed by atoms with Crippen molar-refractivity contribution in [2.75, 3.05) is 7.11 Å². The van der Waals surface area contributed by atoms with Gasteiger partial charge >= 0.3 is 6.09 Å². The van der Waals surface area contributed by atoms with Crippen LogP contribution in [0.3, 0.4) is 0 Å². The van der Waals surface area contributed by atoms with Crippen molar-refractivity contribution >= 4 is 28.7 Å². The maximum absolute atomic E-state index is 12.3. The van der Waals surface area contributed by atoms with Gasteiger partial charge in [-0.15, -0.1) is 0 Å². The molecule has 0 spiro atoms. The molecule has 2 atom stereocenters. The number of alkyl carbamates (subject to hydrolysis) is 1. The Kier molecular flexibility index (Phi) is 7.71. The number of carbonyl (C=O) groups excluding carboxylic acids is 1. The summed E-state index contributed by atoms with van der Waals surface area (Å²) in [6, 6.07) is 17.7. The molecule has 0 aliphatic rings. The molecule has 5 heteroatoms. The molecule has 4 nitrogen and oxygen atoms in total. The summed E-state index contributed by atoms with van der Waals surface area (Å²) >= 11 is 2.28. The number of nitrogens with one attached hydrogen (secondary N) is 1. The molecule has 0 aliphatic carbocycles. The van der Waals surface area contributed by atoms with Crippen molar-refractivity contribution < 1.29 is 14.3 Å². The Morgan fingerprint density at radius 3 is 2.32 bits per heavy atom. The minimum Gasteiger partial charge on any atom is -0.443 e. The number of hydrogen-bond donors (Lipinski definition) is 1. The van der Waals surface area contributed by atoms with Gasteiger partial charge < -0.3 is 14.8 Å². The van der Waals surface area contributed by atoms with E-state index in [1.165, 1.54) is 0 Å². The van der Waals surface area contributed by atoms with Crippen LogP contribution in [0.25, 0.3) is 0 Å². The number of benzene rings is 2. The molecular weight excluding hydrogens is 429 g/mol. The van der Waals surface area contributed by atoms with E-state index in [-0.39, 0.29) is 18.1 Å². The zero-order chi connectivity index (χ0) is 18.2. The van der Waals surface area contributed by atoms with Crippen molar-refractivity contribution in [2.45, 2.75) is 32.6 Å². The second-order valence-electron chi connectivity index (χ2n) is 6.13. The Balaban J connectivity index is 2.06. The van der Waals surface area contributed by atoms with Crippen molar-refractivity contribution in [1.82, 2.24) is 5.32 Å². The summed E-state index contributed by atoms with van der Waals surface area (Å²) in [5, 5.41) is 2.81. The quantitative estimate of drug-likeness (QED) is 0.605. The van der Waals surface area contributed by atoms with E-state index >= 15 is 0 Å². The lowest BCUT2D eigenvalue weighted by atomic mass is 9.96. The molecule has 0 saturated heterocycles. The van der Waals surface area contributed by atoms with E-state index in [4.69, 9.17) is 9.47 Å². The molecule has 0 saturated carbocycles. The molecule has 0 unspecified atom stereocenters. The summed E-state index contributed by atoms with van der Waals surface area (Å²) in [5.74, 6) is 0.114. The van der Waals surface area contributed by atoms with Crippen LogP contribution < -0.4 is 5.32 Å². The molecule has 2 rings (SSSR count). The van der Waals surface area contributed by atoms with Gasteiger partial charge in [0.15, 0.2) is 0 Å². The second kappa shape index (κ2) is 9.77. The molecule has 0 aliphatic heterocycles. The fourth-order valence-electron chi connectivity index (χ4n) is 2.63. The van der Waals surface area contributed by atoms with Crippen molar-refractivity contribution in [2.24, 2.45) is 5.92 Å². The third-order valence-electron chi connectivity index (χ3n) is 3.94. The Hall–Kier alpha value is -1.60. The maximum Gasteiger partial charge on any atom is 0.407 e. The zero-order valence-corrected chi connectivity index (χ0v) is 16.9. The van der Waals surface area contributed by atoms with Gasteiger partial charge in [0.2, 0.25) is 0 Å². The molecule has 134 valence electrons. The molecular formula is C20H24INO3. The smallest absolute Gasteiger partial charge is 0.407 e. The summed E-state index contributed by atoms with van der Waals surface area (Å²) in [6.45, 7) is 4.49. The van der Waals surface area contributed by atoms with Gasteiger partial charge in [-0.2, -0.15) is 0 Å². The Morgan fingerprint density at radius 1 is 1.08 bits per heavy atom. The van der Waals surface area contributed by atoms with E-state index in [2.05, 4.69) is 27.9 Å². The number of rotatable bonds is 7. The number of ether oxygens (including phenoxy) is 2. The summed E-state index contributed by atoms with van der Waals surface area (Å²) in [5.41, 5.74) is 2.06. The van der Waals surface area contributed by atoms with Crippen LogP contribution in [0.1, 0.15) is 31.1 Å². The predicted octanol–water partition coefficient (Wildman–Crippen LogP) is 4.93. The molecule has 2 aromatic rings. The second-order valence-corrected chi connectivity index (χ2v) is 7.29. The van der Waals surface area contributed by atoms with Crippen molar-refractivity contribution in [3.05, 3.63) is 69.3 Å². The van der Waals surface area contributed by atoms with Gasteiger partial charge in [0, 0.05) is 17.2 Å². The summed E-state index contributed by atoms with van der Waals surface area (Å²) in [4.78, 5) is 12.3. The first-order valence-electron chi connectivity index (χ1n) is 8.28. The standard InChI is InChI=1S/C20H24INO3/c1-14(2)18(19(24-3)16-11-7-8-12-17(16)21)25-20(23)22-13-15-9-5-4-6-10-15/h4-12,14,18-19H,13H2,1-3H3,(H,22,23)/t18-,19-/m0/s1. The Morgan fingerprint density at radius 2 is 1.72 bits per heavy atom. The van der Waals surface area contributed by atoms with Crippen molar-refractivity contribution in [1.29, 1.82) is 0 Å². The first-order chi connectivity index (χ1) is 12.0. The molecule has 2 aromatic carbocycles.